The fourth-order valence-corrected chi connectivity index (χ4v) is 3.62. The maximum Gasteiger partial charge on any atom is 0.192 e. The lowest BCUT2D eigenvalue weighted by molar-refractivity contribution is 0.368. The monoisotopic (exact) mass is 543 g/mol. The summed E-state index contributed by atoms with van der Waals surface area (Å²) in [5.41, 5.74) is 1.02. The van der Waals surface area contributed by atoms with Crippen molar-refractivity contribution >= 4 is 41.3 Å². The summed E-state index contributed by atoms with van der Waals surface area (Å²) in [5, 5.41) is 21.3. The zero-order valence-electron chi connectivity index (χ0n) is 17.9. The van der Waals surface area contributed by atoms with E-state index in [4.69, 9.17) is 4.52 Å². The molecule has 0 saturated heterocycles. The van der Waals surface area contributed by atoms with Gasteiger partial charge in [-0.3, -0.25) is 0 Å². The molecular weight excluding hydrogens is 513 g/mol. The molecule has 0 bridgehead atoms. The summed E-state index contributed by atoms with van der Waals surface area (Å²) >= 11 is 1.71. The second-order valence-electron chi connectivity index (χ2n) is 6.91. The van der Waals surface area contributed by atoms with Gasteiger partial charge in [-0.1, -0.05) is 25.1 Å². The van der Waals surface area contributed by atoms with E-state index in [9.17, 15) is 0 Å². The highest BCUT2D eigenvalue weighted by atomic mass is 127. The summed E-state index contributed by atoms with van der Waals surface area (Å²) in [6, 6.07) is 6.18. The Hall–Kier alpha value is -1.95. The summed E-state index contributed by atoms with van der Waals surface area (Å²) in [5.74, 6) is 3.62. The molecule has 0 amide bonds. The average molecular weight is 543 g/mol. The SMILES string of the molecule is CCC(CC)c1cc(CNC(=NCc2nnc(C)n2C)NCc2cccs2)on1.I. The van der Waals surface area contributed by atoms with Crippen molar-refractivity contribution in [1.29, 1.82) is 0 Å². The Morgan fingerprint density at radius 3 is 2.63 bits per heavy atom. The normalized spacial score (nSPS) is 11.6. The number of nitrogens with one attached hydrogen (secondary N) is 2. The summed E-state index contributed by atoms with van der Waals surface area (Å²) in [4.78, 5) is 5.91. The van der Waals surface area contributed by atoms with Gasteiger partial charge in [0.15, 0.2) is 17.5 Å². The Labute approximate surface area is 198 Å². The van der Waals surface area contributed by atoms with Gasteiger partial charge in [-0.2, -0.15) is 0 Å². The predicted octanol–water partition coefficient (Wildman–Crippen LogP) is 4.13. The van der Waals surface area contributed by atoms with Gasteiger partial charge in [0.1, 0.15) is 12.4 Å². The van der Waals surface area contributed by atoms with Gasteiger partial charge in [-0.15, -0.1) is 45.5 Å². The lowest BCUT2D eigenvalue weighted by Crippen LogP contribution is -2.36. The minimum Gasteiger partial charge on any atom is -0.359 e. The third kappa shape index (κ3) is 6.53. The van der Waals surface area contributed by atoms with Crippen molar-refractivity contribution in [3.05, 3.63) is 51.6 Å². The summed E-state index contributed by atoms with van der Waals surface area (Å²) in [6.45, 7) is 7.93. The molecule has 8 nitrogen and oxygen atoms in total. The van der Waals surface area contributed by atoms with Crippen LogP contribution >= 0.6 is 35.3 Å². The van der Waals surface area contributed by atoms with E-state index < -0.39 is 0 Å². The first kappa shape index (κ1) is 24.3. The largest absolute Gasteiger partial charge is 0.359 e. The van der Waals surface area contributed by atoms with Gasteiger partial charge in [0.05, 0.1) is 18.8 Å². The topological polar surface area (TPSA) is 93.2 Å². The van der Waals surface area contributed by atoms with E-state index in [-0.39, 0.29) is 24.0 Å². The first-order valence-corrected chi connectivity index (χ1v) is 10.8. The lowest BCUT2D eigenvalue weighted by atomic mass is 9.99. The molecule has 0 aliphatic heterocycles. The zero-order chi connectivity index (χ0) is 20.6. The molecule has 0 atom stereocenters. The molecule has 3 heterocycles. The van der Waals surface area contributed by atoms with Crippen LogP contribution in [0.1, 0.15) is 60.6 Å². The van der Waals surface area contributed by atoms with Gasteiger partial charge in [-0.05, 0) is 31.2 Å². The zero-order valence-corrected chi connectivity index (χ0v) is 21.0. The molecule has 10 heteroatoms. The van der Waals surface area contributed by atoms with E-state index >= 15 is 0 Å². The van der Waals surface area contributed by atoms with Crippen molar-refractivity contribution in [1.82, 2.24) is 30.6 Å². The van der Waals surface area contributed by atoms with Crippen molar-refractivity contribution in [3.63, 3.8) is 0 Å². The van der Waals surface area contributed by atoms with Crippen molar-refractivity contribution in [2.75, 3.05) is 0 Å². The number of aryl methyl sites for hydroxylation is 1. The van der Waals surface area contributed by atoms with Gasteiger partial charge in [0, 0.05) is 23.9 Å². The average Bonchev–Trinajstić information content (AvgIpc) is 3.47. The molecular formula is C20H30IN7OS. The molecule has 0 aliphatic carbocycles. The van der Waals surface area contributed by atoms with Crippen LogP contribution in [-0.4, -0.2) is 25.9 Å². The van der Waals surface area contributed by atoms with Crippen LogP contribution in [0.5, 0.6) is 0 Å². The first-order valence-electron chi connectivity index (χ1n) is 9.95. The van der Waals surface area contributed by atoms with Gasteiger partial charge >= 0.3 is 0 Å². The number of rotatable bonds is 9. The number of aliphatic imine (C=N–C) groups is 1. The molecule has 0 spiro atoms. The van der Waals surface area contributed by atoms with Gasteiger partial charge in [0.2, 0.25) is 0 Å². The third-order valence-electron chi connectivity index (χ3n) is 4.98. The third-order valence-corrected chi connectivity index (χ3v) is 5.86. The lowest BCUT2D eigenvalue weighted by Gasteiger charge is -2.11. The van der Waals surface area contributed by atoms with Crippen LogP contribution in [0.3, 0.4) is 0 Å². The van der Waals surface area contributed by atoms with Crippen molar-refractivity contribution in [2.24, 2.45) is 12.0 Å². The highest BCUT2D eigenvalue weighted by molar-refractivity contribution is 14.0. The Bertz CT molecular complexity index is 916. The van der Waals surface area contributed by atoms with Crippen molar-refractivity contribution in [2.45, 2.75) is 59.2 Å². The number of halogens is 1. The molecule has 3 rings (SSSR count). The first-order chi connectivity index (χ1) is 14.1. The molecule has 2 N–H and O–H groups in total. The molecule has 30 heavy (non-hydrogen) atoms. The Morgan fingerprint density at radius 2 is 2.00 bits per heavy atom. The Kier molecular flexibility index (Phi) is 9.76. The van der Waals surface area contributed by atoms with Crippen LogP contribution in [0, 0.1) is 6.92 Å². The molecule has 0 saturated carbocycles. The molecule has 0 radical (unpaired) electrons. The second kappa shape index (κ2) is 12.0. The van der Waals surface area contributed by atoms with E-state index in [1.54, 1.807) is 11.3 Å². The molecule has 0 unspecified atom stereocenters. The minimum atomic E-state index is 0. The number of guanidine groups is 1. The van der Waals surface area contributed by atoms with Crippen LogP contribution in [0.2, 0.25) is 0 Å². The van der Waals surface area contributed by atoms with Gasteiger partial charge < -0.3 is 19.7 Å². The van der Waals surface area contributed by atoms with E-state index in [0.29, 0.717) is 31.5 Å². The summed E-state index contributed by atoms with van der Waals surface area (Å²) in [6.07, 6.45) is 2.12. The van der Waals surface area contributed by atoms with Crippen LogP contribution in [0.25, 0.3) is 0 Å². The van der Waals surface area contributed by atoms with Crippen molar-refractivity contribution < 1.29 is 4.52 Å². The smallest absolute Gasteiger partial charge is 0.192 e. The maximum atomic E-state index is 5.52. The number of hydrogen-bond acceptors (Lipinski definition) is 6. The van der Waals surface area contributed by atoms with Crippen LogP contribution < -0.4 is 10.6 Å². The fraction of sp³-hybridized carbons (Fsp3) is 0.500. The van der Waals surface area contributed by atoms with E-state index in [0.717, 1.165) is 35.9 Å². The van der Waals surface area contributed by atoms with Gasteiger partial charge in [0.25, 0.3) is 0 Å². The van der Waals surface area contributed by atoms with E-state index in [2.05, 4.69) is 56.3 Å². The predicted molar refractivity (Wildman–Crippen MR) is 130 cm³/mol. The number of aromatic nitrogens is 4. The summed E-state index contributed by atoms with van der Waals surface area (Å²) in [7, 11) is 1.94. The van der Waals surface area contributed by atoms with E-state index in [1.165, 1.54) is 4.88 Å². The molecule has 0 aliphatic rings. The second-order valence-corrected chi connectivity index (χ2v) is 7.94. The van der Waals surface area contributed by atoms with Crippen molar-refractivity contribution in [3.8, 4) is 0 Å². The van der Waals surface area contributed by atoms with Gasteiger partial charge in [-0.25, -0.2) is 4.99 Å². The highest BCUT2D eigenvalue weighted by Crippen LogP contribution is 2.22. The quantitative estimate of drug-likeness (QED) is 0.240. The Morgan fingerprint density at radius 1 is 1.23 bits per heavy atom. The highest BCUT2D eigenvalue weighted by Gasteiger charge is 2.13. The van der Waals surface area contributed by atoms with Crippen LogP contribution in [0.15, 0.2) is 33.1 Å². The number of nitrogens with zero attached hydrogens (tertiary/aromatic N) is 5. The fourth-order valence-electron chi connectivity index (χ4n) is 2.98. The van der Waals surface area contributed by atoms with E-state index in [1.807, 2.05) is 30.7 Å². The molecule has 0 aromatic carbocycles. The standard InChI is InChI=1S/C20H29N7OS.HI/c1-5-15(6-2)18-10-16(28-26-18)11-21-20(22-12-17-8-7-9-29-17)23-13-19-25-24-14(3)27(19)4;/h7-10,15H,5-6,11-13H2,1-4H3,(H2,21,22,23);1H. The minimum absolute atomic E-state index is 0. The maximum absolute atomic E-state index is 5.52. The number of thiophene rings is 1. The van der Waals surface area contributed by atoms with Crippen LogP contribution in [-0.2, 0) is 26.7 Å². The molecule has 3 aromatic rings. The molecule has 0 fully saturated rings. The number of hydrogen-bond donors (Lipinski definition) is 2. The Balaban J connectivity index is 0.00000320. The summed E-state index contributed by atoms with van der Waals surface area (Å²) < 4.78 is 7.46. The molecule has 3 aromatic heterocycles. The van der Waals surface area contributed by atoms with Crippen LogP contribution in [0.4, 0.5) is 0 Å². The molecule has 164 valence electrons.